The number of hydrazine groups is 2. The first-order chi connectivity index (χ1) is 26.5. The Morgan fingerprint density at radius 3 is 1.44 bits per heavy atom. The molecule has 3 atom stereocenters. The Morgan fingerprint density at radius 2 is 0.889 bits per heavy atom. The first kappa shape index (κ1) is 53.8. The van der Waals surface area contributed by atoms with Crippen LogP contribution in [0.4, 0.5) is 0 Å². The number of rotatable bonds is 46. The molecule has 0 aromatic carbocycles. The highest BCUT2D eigenvalue weighted by Crippen LogP contribution is 2.16. The molecule has 0 aliphatic rings. The van der Waals surface area contributed by atoms with Gasteiger partial charge in [0, 0.05) is 19.6 Å². The van der Waals surface area contributed by atoms with Crippen LogP contribution >= 0.6 is 0 Å². The predicted octanol–water partition coefficient (Wildman–Crippen LogP) is 14.7. The van der Waals surface area contributed by atoms with E-state index >= 15 is 0 Å². The number of unbranched alkanes of at least 4 members (excludes halogenated alkanes) is 22. The smallest absolute Gasteiger partial charge is 0.0571 e. The van der Waals surface area contributed by atoms with E-state index in [0.29, 0.717) is 6.17 Å². The average molecular weight is 764 g/mol. The summed E-state index contributed by atoms with van der Waals surface area (Å²) in [6.07, 6.45) is 45.9. The third kappa shape index (κ3) is 40.0. The lowest BCUT2D eigenvalue weighted by Crippen LogP contribution is -2.49. The van der Waals surface area contributed by atoms with Gasteiger partial charge >= 0.3 is 0 Å². The molecule has 0 saturated carbocycles. The minimum atomic E-state index is 0.503. The van der Waals surface area contributed by atoms with E-state index in [9.17, 15) is 0 Å². The minimum Gasteiger partial charge on any atom is -0.302 e. The van der Waals surface area contributed by atoms with Crippen molar-refractivity contribution in [2.45, 2.75) is 267 Å². The van der Waals surface area contributed by atoms with E-state index in [1.165, 1.54) is 225 Å². The third-order valence-electron chi connectivity index (χ3n) is 12.0. The molecule has 0 heterocycles. The van der Waals surface area contributed by atoms with Gasteiger partial charge in [0.1, 0.15) is 0 Å². The maximum Gasteiger partial charge on any atom is 0.0571 e. The topological polar surface area (TPSA) is 51.4 Å². The predicted molar refractivity (Wildman–Crippen MR) is 245 cm³/mol. The molecule has 0 fully saturated rings. The summed E-state index contributed by atoms with van der Waals surface area (Å²) in [5, 5.41) is 10.3. The Hall–Kier alpha value is -0.200. The van der Waals surface area contributed by atoms with Crippen molar-refractivity contribution in [1.29, 1.82) is 0 Å². The summed E-state index contributed by atoms with van der Waals surface area (Å²) in [6, 6.07) is 0. The molecule has 5 heteroatoms. The Balaban J connectivity index is 4.30. The normalized spacial score (nSPS) is 13.7. The molecular formula is C49H105N5. The second-order valence-electron chi connectivity index (χ2n) is 18.1. The van der Waals surface area contributed by atoms with Crippen molar-refractivity contribution in [3.8, 4) is 0 Å². The Bertz CT molecular complexity index is 687. The molecule has 0 amide bonds. The van der Waals surface area contributed by atoms with Gasteiger partial charge in [0.05, 0.1) is 6.17 Å². The van der Waals surface area contributed by atoms with Crippen LogP contribution < -0.4 is 21.5 Å². The van der Waals surface area contributed by atoms with Crippen LogP contribution in [0.15, 0.2) is 0 Å². The van der Waals surface area contributed by atoms with E-state index in [-0.39, 0.29) is 0 Å². The molecule has 0 radical (unpaired) electrons. The highest BCUT2D eigenvalue weighted by molar-refractivity contribution is 4.69. The van der Waals surface area contributed by atoms with Gasteiger partial charge in [-0.05, 0) is 69.4 Å². The standard InChI is InChI=1S/C49H105N5/c1-8-12-15-17-19-25-29-33-42-52-54(53-43-40-47(7)37-35-36-46(5)6)44-34-30-26-22-20-21-23-27-31-39-49(51-45-48(11-4)38-14-10-3)50-41-32-28-24-18-16-13-9-2/h46-53H,8-45H2,1-7H3. The van der Waals surface area contributed by atoms with Gasteiger partial charge < -0.3 is 10.6 Å². The quantitative estimate of drug-likeness (QED) is 0.0283. The molecule has 0 aliphatic carbocycles. The van der Waals surface area contributed by atoms with Crippen molar-refractivity contribution >= 4 is 0 Å². The molecule has 326 valence electrons. The molecule has 4 N–H and O–H groups in total. The average Bonchev–Trinajstić information content (AvgIpc) is 3.16. The van der Waals surface area contributed by atoms with Crippen molar-refractivity contribution in [2.75, 3.05) is 32.7 Å². The molecule has 5 nitrogen and oxygen atoms in total. The first-order valence-corrected chi connectivity index (χ1v) is 25.2. The summed E-state index contributed by atoms with van der Waals surface area (Å²) in [7, 11) is 0. The van der Waals surface area contributed by atoms with Gasteiger partial charge in [-0.1, -0.05) is 222 Å². The summed E-state index contributed by atoms with van der Waals surface area (Å²) < 4.78 is 0. The number of nitrogens with one attached hydrogen (secondary N) is 4. The molecular weight excluding hydrogens is 659 g/mol. The van der Waals surface area contributed by atoms with Crippen LogP contribution in [0.3, 0.4) is 0 Å². The second-order valence-corrected chi connectivity index (χ2v) is 18.1. The summed E-state index contributed by atoms with van der Waals surface area (Å²) in [4.78, 5) is 0. The molecule has 0 aliphatic heterocycles. The fraction of sp³-hybridized carbons (Fsp3) is 1.00. The van der Waals surface area contributed by atoms with Gasteiger partial charge in [-0.2, -0.15) is 5.12 Å². The van der Waals surface area contributed by atoms with E-state index in [4.69, 9.17) is 0 Å². The maximum atomic E-state index is 3.97. The lowest BCUT2D eigenvalue weighted by molar-refractivity contribution is 0.106. The van der Waals surface area contributed by atoms with E-state index in [1.54, 1.807) is 0 Å². The largest absolute Gasteiger partial charge is 0.302 e. The lowest BCUT2D eigenvalue weighted by Gasteiger charge is -2.25. The van der Waals surface area contributed by atoms with Gasteiger partial charge in [0.15, 0.2) is 0 Å². The fourth-order valence-corrected chi connectivity index (χ4v) is 7.89. The van der Waals surface area contributed by atoms with Crippen molar-refractivity contribution < 1.29 is 0 Å². The monoisotopic (exact) mass is 764 g/mol. The number of hydrogen-bond donors (Lipinski definition) is 4. The third-order valence-corrected chi connectivity index (χ3v) is 12.0. The van der Waals surface area contributed by atoms with Gasteiger partial charge in [0.25, 0.3) is 0 Å². The lowest BCUT2D eigenvalue weighted by atomic mass is 9.97. The van der Waals surface area contributed by atoms with E-state index in [2.05, 4.69) is 75.1 Å². The molecule has 0 rings (SSSR count). The van der Waals surface area contributed by atoms with Crippen LogP contribution in [-0.2, 0) is 0 Å². The van der Waals surface area contributed by atoms with Crippen LogP contribution in [0, 0.1) is 17.8 Å². The van der Waals surface area contributed by atoms with Crippen LogP contribution in [0.5, 0.6) is 0 Å². The molecule has 0 aromatic heterocycles. The van der Waals surface area contributed by atoms with Gasteiger partial charge in [-0.3, -0.25) is 0 Å². The van der Waals surface area contributed by atoms with Crippen molar-refractivity contribution in [1.82, 2.24) is 26.6 Å². The van der Waals surface area contributed by atoms with Gasteiger partial charge in [-0.15, -0.1) is 0 Å². The van der Waals surface area contributed by atoms with Crippen LogP contribution in [0.1, 0.15) is 260 Å². The summed E-state index contributed by atoms with van der Waals surface area (Å²) in [5.41, 5.74) is 7.54. The van der Waals surface area contributed by atoms with Crippen molar-refractivity contribution in [3.05, 3.63) is 0 Å². The zero-order chi connectivity index (χ0) is 39.6. The van der Waals surface area contributed by atoms with Gasteiger partial charge in [-0.25, -0.2) is 10.9 Å². The highest BCUT2D eigenvalue weighted by Gasteiger charge is 2.12. The molecule has 0 saturated heterocycles. The maximum absolute atomic E-state index is 3.97. The van der Waals surface area contributed by atoms with Crippen molar-refractivity contribution in [3.63, 3.8) is 0 Å². The van der Waals surface area contributed by atoms with E-state index in [0.717, 1.165) is 37.4 Å². The Kier molecular flexibility index (Phi) is 43.8. The molecule has 54 heavy (non-hydrogen) atoms. The number of nitrogens with zero attached hydrogens (tertiary/aromatic N) is 1. The Labute approximate surface area is 342 Å². The van der Waals surface area contributed by atoms with Crippen molar-refractivity contribution in [2.24, 2.45) is 17.8 Å². The van der Waals surface area contributed by atoms with Crippen LogP contribution in [0.25, 0.3) is 0 Å². The summed E-state index contributed by atoms with van der Waals surface area (Å²) >= 11 is 0. The van der Waals surface area contributed by atoms with Crippen LogP contribution in [-0.4, -0.2) is 44.0 Å². The molecule has 0 spiro atoms. The van der Waals surface area contributed by atoms with Crippen LogP contribution in [0.2, 0.25) is 0 Å². The molecule has 3 unspecified atom stereocenters. The van der Waals surface area contributed by atoms with Gasteiger partial charge in [0.2, 0.25) is 0 Å². The SMILES string of the molecule is CCCCCCCCCCNN(CCCCCCCCCCCC(NCCCCCCCCC)NCC(CC)CCCC)NCCC(C)CCCC(C)C. The molecule has 0 aromatic rings. The zero-order valence-electron chi connectivity index (χ0n) is 38.6. The Morgan fingerprint density at radius 1 is 0.389 bits per heavy atom. The number of hydrogen-bond acceptors (Lipinski definition) is 5. The second kappa shape index (κ2) is 43.9. The zero-order valence-corrected chi connectivity index (χ0v) is 38.6. The first-order valence-electron chi connectivity index (χ1n) is 25.2. The summed E-state index contributed by atoms with van der Waals surface area (Å²) in [5.74, 6) is 2.48. The fourth-order valence-electron chi connectivity index (χ4n) is 7.89. The summed E-state index contributed by atoms with van der Waals surface area (Å²) in [6.45, 7) is 22.2. The molecule has 0 bridgehead atoms. The minimum absolute atomic E-state index is 0.503. The highest BCUT2D eigenvalue weighted by atomic mass is 15.7. The van der Waals surface area contributed by atoms with E-state index < -0.39 is 0 Å². The van der Waals surface area contributed by atoms with E-state index in [1.807, 2.05) is 0 Å².